The molecule has 6 heteroatoms. The van der Waals surface area contributed by atoms with Crippen LogP contribution < -0.4 is 16.6 Å². The van der Waals surface area contributed by atoms with E-state index >= 15 is 0 Å². The first-order valence-electron chi connectivity index (χ1n) is 4.99. The number of hydrogen-bond acceptors (Lipinski definition) is 2. The number of unbranched alkanes of at least 4 members (excludes halogenated alkanes) is 2. The van der Waals surface area contributed by atoms with Gasteiger partial charge in [0, 0.05) is 12.6 Å². The van der Waals surface area contributed by atoms with Gasteiger partial charge in [-0.25, -0.2) is 4.79 Å². The largest absolute Gasteiger partial charge is 0.351 e. The predicted octanol–water partition coefficient (Wildman–Crippen LogP) is 0.857. The molecule has 1 rings (SSSR count). The van der Waals surface area contributed by atoms with Gasteiger partial charge in [-0.2, -0.15) is 0 Å². The lowest BCUT2D eigenvalue weighted by Crippen LogP contribution is -2.19. The van der Waals surface area contributed by atoms with E-state index in [1.165, 1.54) is 10.7 Å². The molecular formula is C9H16N4O2. The molecule has 0 aromatic carbocycles. The maximum Gasteiger partial charge on any atom is 0.317 e. The third kappa shape index (κ3) is 3.49. The number of rotatable bonds is 5. The van der Waals surface area contributed by atoms with E-state index in [2.05, 4.69) is 17.3 Å². The van der Waals surface area contributed by atoms with Crippen LogP contribution >= 0.6 is 0 Å². The van der Waals surface area contributed by atoms with Crippen LogP contribution in [0.15, 0.2) is 10.9 Å². The molecule has 0 spiro atoms. The van der Waals surface area contributed by atoms with Crippen LogP contribution in [0.4, 0.5) is 10.6 Å². The van der Waals surface area contributed by atoms with Gasteiger partial charge in [-0.15, -0.1) is 0 Å². The number of H-pyrrole nitrogens is 1. The van der Waals surface area contributed by atoms with Crippen molar-refractivity contribution in [2.45, 2.75) is 32.7 Å². The second-order valence-corrected chi connectivity index (χ2v) is 3.36. The Labute approximate surface area is 87.4 Å². The normalized spacial score (nSPS) is 10.2. The predicted molar refractivity (Wildman–Crippen MR) is 57.8 cm³/mol. The summed E-state index contributed by atoms with van der Waals surface area (Å²) in [5.41, 5.74) is 4.77. The number of carbonyl (C=O) groups is 1. The van der Waals surface area contributed by atoms with Gasteiger partial charge in [0.2, 0.25) is 0 Å². The smallest absolute Gasteiger partial charge is 0.317 e. The summed E-state index contributed by atoms with van der Waals surface area (Å²) in [5.74, 6) is 0.337. The minimum atomic E-state index is -0.683. The topological polar surface area (TPSA) is 92.9 Å². The number of hydrogen-bond donors (Lipinski definition) is 3. The molecule has 0 atom stereocenters. The highest BCUT2D eigenvalue weighted by Crippen LogP contribution is 2.00. The highest BCUT2D eigenvalue weighted by atomic mass is 16.2. The fraction of sp³-hybridized carbons (Fsp3) is 0.556. The van der Waals surface area contributed by atoms with Crippen LogP contribution in [0.1, 0.15) is 26.2 Å². The first kappa shape index (κ1) is 11.4. The van der Waals surface area contributed by atoms with Gasteiger partial charge in [0.05, 0.1) is 0 Å². The Morgan fingerprint density at radius 2 is 2.33 bits per heavy atom. The summed E-state index contributed by atoms with van der Waals surface area (Å²) >= 11 is 0. The molecule has 0 aliphatic carbocycles. The lowest BCUT2D eigenvalue weighted by Gasteiger charge is -2.01. The number of primary amides is 1. The van der Waals surface area contributed by atoms with E-state index in [0.29, 0.717) is 12.4 Å². The molecule has 1 aromatic heterocycles. The van der Waals surface area contributed by atoms with Crippen LogP contribution in [0, 0.1) is 0 Å². The molecule has 0 aliphatic rings. The van der Waals surface area contributed by atoms with Gasteiger partial charge in [-0.3, -0.25) is 19.9 Å². The lowest BCUT2D eigenvalue weighted by atomic mass is 10.2. The fourth-order valence-corrected chi connectivity index (χ4v) is 1.32. The van der Waals surface area contributed by atoms with Gasteiger partial charge in [-0.1, -0.05) is 19.8 Å². The molecule has 84 valence electrons. The summed E-state index contributed by atoms with van der Waals surface area (Å²) < 4.78 is 1.46. The van der Waals surface area contributed by atoms with E-state index in [1.807, 2.05) is 0 Å². The molecule has 0 saturated carbocycles. The first-order valence-corrected chi connectivity index (χ1v) is 4.99. The monoisotopic (exact) mass is 212 g/mol. The van der Waals surface area contributed by atoms with Gasteiger partial charge in [0.25, 0.3) is 5.56 Å². The third-order valence-electron chi connectivity index (χ3n) is 2.03. The highest BCUT2D eigenvalue weighted by molar-refractivity contribution is 5.86. The van der Waals surface area contributed by atoms with Crippen LogP contribution in [0.25, 0.3) is 0 Å². The summed E-state index contributed by atoms with van der Waals surface area (Å²) in [6.07, 6.45) is 3.11. The summed E-state index contributed by atoms with van der Waals surface area (Å²) in [5, 5.41) is 5.08. The standard InChI is InChI=1S/C9H16N4O2/c1-2-3-4-5-13-8(14)6-7(12-13)11-9(10)15/h6,12H,2-5H2,1H3,(H3,10,11,15). The Bertz CT molecular complexity index is 380. The minimum Gasteiger partial charge on any atom is -0.351 e. The average molecular weight is 212 g/mol. The zero-order chi connectivity index (χ0) is 11.3. The average Bonchev–Trinajstić information content (AvgIpc) is 2.46. The van der Waals surface area contributed by atoms with Gasteiger partial charge in [0.15, 0.2) is 0 Å². The molecule has 15 heavy (non-hydrogen) atoms. The van der Waals surface area contributed by atoms with Crippen molar-refractivity contribution in [3.05, 3.63) is 16.4 Å². The summed E-state index contributed by atoms with van der Waals surface area (Å²) in [6, 6.07) is 0.633. The Hall–Kier alpha value is -1.72. The van der Waals surface area contributed by atoms with Crippen molar-refractivity contribution < 1.29 is 4.79 Å². The van der Waals surface area contributed by atoms with Crippen LogP contribution in [0.2, 0.25) is 0 Å². The van der Waals surface area contributed by atoms with Crippen molar-refractivity contribution in [2.24, 2.45) is 5.73 Å². The van der Waals surface area contributed by atoms with E-state index < -0.39 is 6.03 Å². The maximum absolute atomic E-state index is 11.4. The Morgan fingerprint density at radius 3 is 2.93 bits per heavy atom. The summed E-state index contributed by atoms with van der Waals surface area (Å²) in [6.45, 7) is 2.73. The van der Waals surface area contributed by atoms with Crippen molar-refractivity contribution in [2.75, 3.05) is 5.32 Å². The number of aryl methyl sites for hydroxylation is 1. The van der Waals surface area contributed by atoms with Crippen LogP contribution in [0.3, 0.4) is 0 Å². The zero-order valence-electron chi connectivity index (χ0n) is 8.75. The highest BCUT2D eigenvalue weighted by Gasteiger charge is 2.03. The maximum atomic E-state index is 11.4. The number of carbonyl (C=O) groups excluding carboxylic acids is 1. The number of nitrogens with one attached hydrogen (secondary N) is 2. The Balaban J connectivity index is 2.61. The molecule has 6 nitrogen and oxygen atoms in total. The number of nitrogens with zero attached hydrogens (tertiary/aromatic N) is 1. The number of nitrogens with two attached hydrogens (primary N) is 1. The number of amides is 2. The SMILES string of the molecule is CCCCCn1[nH]c(NC(N)=O)cc1=O. The van der Waals surface area contributed by atoms with Gasteiger partial charge in [0.1, 0.15) is 5.82 Å². The lowest BCUT2D eigenvalue weighted by molar-refractivity contribution is 0.259. The molecular weight excluding hydrogens is 196 g/mol. The van der Waals surface area contributed by atoms with Gasteiger partial charge >= 0.3 is 6.03 Å². The van der Waals surface area contributed by atoms with Crippen molar-refractivity contribution in [1.82, 2.24) is 9.78 Å². The Morgan fingerprint density at radius 1 is 1.60 bits per heavy atom. The van der Waals surface area contributed by atoms with Gasteiger partial charge < -0.3 is 5.73 Å². The van der Waals surface area contributed by atoms with E-state index in [-0.39, 0.29) is 5.56 Å². The molecule has 1 heterocycles. The number of aromatic amines is 1. The van der Waals surface area contributed by atoms with E-state index in [4.69, 9.17) is 5.73 Å². The second-order valence-electron chi connectivity index (χ2n) is 3.36. The Kier molecular flexibility index (Phi) is 3.96. The molecule has 2 amide bonds. The van der Waals surface area contributed by atoms with Crippen molar-refractivity contribution in [1.29, 1.82) is 0 Å². The third-order valence-corrected chi connectivity index (χ3v) is 2.03. The quantitative estimate of drug-likeness (QED) is 0.631. The van der Waals surface area contributed by atoms with E-state index in [0.717, 1.165) is 19.3 Å². The summed E-state index contributed by atoms with van der Waals surface area (Å²) in [7, 11) is 0. The molecule has 0 saturated heterocycles. The van der Waals surface area contributed by atoms with E-state index in [9.17, 15) is 9.59 Å². The molecule has 0 unspecified atom stereocenters. The van der Waals surface area contributed by atoms with E-state index in [1.54, 1.807) is 0 Å². The van der Waals surface area contributed by atoms with Crippen molar-refractivity contribution in [3.8, 4) is 0 Å². The van der Waals surface area contributed by atoms with Gasteiger partial charge in [-0.05, 0) is 6.42 Å². The van der Waals surface area contributed by atoms with Crippen LogP contribution in [0.5, 0.6) is 0 Å². The van der Waals surface area contributed by atoms with Crippen molar-refractivity contribution >= 4 is 11.8 Å². The van der Waals surface area contributed by atoms with Crippen LogP contribution in [-0.4, -0.2) is 15.8 Å². The molecule has 1 aromatic rings. The minimum absolute atomic E-state index is 0.158. The molecule has 0 bridgehead atoms. The molecule has 0 radical (unpaired) electrons. The number of urea groups is 1. The molecule has 4 N–H and O–H groups in total. The first-order chi connectivity index (χ1) is 7.13. The number of anilines is 1. The second kappa shape index (κ2) is 5.23. The van der Waals surface area contributed by atoms with Crippen LogP contribution in [-0.2, 0) is 6.54 Å². The number of aromatic nitrogens is 2. The zero-order valence-corrected chi connectivity index (χ0v) is 8.75. The van der Waals surface area contributed by atoms with Crippen molar-refractivity contribution in [3.63, 3.8) is 0 Å². The molecule has 0 aliphatic heterocycles. The summed E-state index contributed by atoms with van der Waals surface area (Å²) in [4.78, 5) is 21.9. The molecule has 0 fully saturated rings. The fourth-order valence-electron chi connectivity index (χ4n) is 1.32.